The smallest absolute Gasteiger partial charge is 0.0435 e. The molecule has 0 fully saturated rings. The lowest BCUT2D eigenvalue weighted by molar-refractivity contribution is 0.445. The summed E-state index contributed by atoms with van der Waals surface area (Å²) in [5.74, 6) is 0. The Morgan fingerprint density at radius 2 is 1.81 bits per heavy atom. The summed E-state index contributed by atoms with van der Waals surface area (Å²) in [6.07, 6.45) is 10.4. The quantitative estimate of drug-likeness (QED) is 0.688. The molecule has 146 valence electrons. The average molecular weight is 367 g/mol. The van der Waals surface area contributed by atoms with Crippen molar-refractivity contribution >= 4 is 0 Å². The molecule has 0 spiro atoms. The molecule has 1 atom stereocenters. The van der Waals surface area contributed by atoms with Crippen molar-refractivity contribution in [3.63, 3.8) is 0 Å². The van der Waals surface area contributed by atoms with Gasteiger partial charge >= 0.3 is 0 Å². The molecule has 0 saturated carbocycles. The largest absolute Gasteiger partial charge is 0.330 e. The molecule has 4 nitrogen and oxygen atoms in total. The predicted molar refractivity (Wildman–Crippen MR) is 113 cm³/mol. The highest BCUT2D eigenvalue weighted by Gasteiger charge is 2.16. The molecule has 1 aliphatic carbocycles. The highest BCUT2D eigenvalue weighted by Crippen LogP contribution is 2.17. The first-order valence-electron chi connectivity index (χ1n) is 10.5. The van der Waals surface area contributed by atoms with E-state index in [-0.39, 0.29) is 0 Å². The summed E-state index contributed by atoms with van der Waals surface area (Å²) in [6, 6.07) is 13.5. The molecule has 1 aromatic carbocycles. The van der Waals surface area contributed by atoms with Crippen molar-refractivity contribution in [2.24, 2.45) is 5.73 Å². The van der Waals surface area contributed by atoms with E-state index in [1.165, 1.54) is 54.5 Å². The molecular formula is C23H34N4. The van der Waals surface area contributed by atoms with Gasteiger partial charge in [0.1, 0.15) is 0 Å². The zero-order valence-corrected chi connectivity index (χ0v) is 16.4. The molecule has 4 heteroatoms. The van der Waals surface area contributed by atoms with E-state index in [1.54, 1.807) is 0 Å². The Hall–Kier alpha value is -1.75. The molecule has 0 amide bonds. The van der Waals surface area contributed by atoms with Gasteiger partial charge in [-0.2, -0.15) is 0 Å². The van der Waals surface area contributed by atoms with E-state index in [4.69, 9.17) is 5.73 Å². The monoisotopic (exact) mass is 366 g/mol. The number of nitrogens with one attached hydrogen (secondary N) is 2. The van der Waals surface area contributed by atoms with Crippen LogP contribution in [0.5, 0.6) is 0 Å². The van der Waals surface area contributed by atoms with Crippen molar-refractivity contribution in [1.29, 1.82) is 0 Å². The predicted octanol–water partition coefficient (Wildman–Crippen LogP) is 2.99. The summed E-state index contributed by atoms with van der Waals surface area (Å²) in [5.41, 5.74) is 11.2. The molecule has 2 aromatic rings. The second-order valence-corrected chi connectivity index (χ2v) is 7.57. The van der Waals surface area contributed by atoms with Crippen LogP contribution in [0, 0.1) is 0 Å². The SMILES string of the molecule is NCCCCNCC1Cc2ccccc2CN1.c1cnc2c(c1)CCCC2. The third kappa shape index (κ3) is 6.42. The summed E-state index contributed by atoms with van der Waals surface area (Å²) < 4.78 is 0. The molecule has 0 bridgehead atoms. The normalized spacial score (nSPS) is 18.0. The molecule has 4 rings (SSSR count). The van der Waals surface area contributed by atoms with E-state index in [0.717, 1.165) is 39.0 Å². The van der Waals surface area contributed by atoms with Gasteiger partial charge in [0.15, 0.2) is 0 Å². The summed E-state index contributed by atoms with van der Waals surface area (Å²) >= 11 is 0. The maximum absolute atomic E-state index is 5.47. The van der Waals surface area contributed by atoms with E-state index in [0.29, 0.717) is 6.04 Å². The van der Waals surface area contributed by atoms with Crippen LogP contribution in [0.25, 0.3) is 0 Å². The number of pyridine rings is 1. The summed E-state index contributed by atoms with van der Waals surface area (Å²) in [7, 11) is 0. The highest BCUT2D eigenvalue weighted by molar-refractivity contribution is 5.30. The van der Waals surface area contributed by atoms with Gasteiger partial charge in [0.25, 0.3) is 0 Å². The number of aromatic nitrogens is 1. The Morgan fingerprint density at radius 3 is 2.67 bits per heavy atom. The summed E-state index contributed by atoms with van der Waals surface area (Å²) in [5, 5.41) is 7.08. The van der Waals surface area contributed by atoms with Crippen molar-refractivity contribution in [3.05, 3.63) is 65.0 Å². The van der Waals surface area contributed by atoms with E-state index in [9.17, 15) is 0 Å². The van der Waals surface area contributed by atoms with Crippen LogP contribution >= 0.6 is 0 Å². The fraction of sp³-hybridized carbons (Fsp3) is 0.522. The van der Waals surface area contributed by atoms with Crippen LogP contribution in [0.15, 0.2) is 42.6 Å². The van der Waals surface area contributed by atoms with Gasteiger partial charge in [0.2, 0.25) is 0 Å². The Labute approximate surface area is 164 Å². The molecule has 1 aliphatic heterocycles. The zero-order valence-electron chi connectivity index (χ0n) is 16.4. The summed E-state index contributed by atoms with van der Waals surface area (Å²) in [4.78, 5) is 4.32. The van der Waals surface area contributed by atoms with E-state index in [1.807, 2.05) is 12.3 Å². The molecule has 0 saturated heterocycles. The molecule has 2 heterocycles. The maximum Gasteiger partial charge on any atom is 0.0435 e. The number of nitrogens with two attached hydrogens (primary N) is 1. The van der Waals surface area contributed by atoms with Gasteiger partial charge in [-0.05, 0) is 80.8 Å². The van der Waals surface area contributed by atoms with Crippen LogP contribution in [0.2, 0.25) is 0 Å². The van der Waals surface area contributed by atoms with Crippen molar-refractivity contribution in [1.82, 2.24) is 15.6 Å². The molecule has 1 unspecified atom stereocenters. The first kappa shape index (κ1) is 20.0. The van der Waals surface area contributed by atoms with Crippen molar-refractivity contribution in [3.8, 4) is 0 Å². The van der Waals surface area contributed by atoms with Gasteiger partial charge in [0.05, 0.1) is 0 Å². The Bertz CT molecular complexity index is 661. The van der Waals surface area contributed by atoms with Crippen LogP contribution in [-0.4, -0.2) is 30.7 Å². The average Bonchev–Trinajstić information content (AvgIpc) is 2.74. The van der Waals surface area contributed by atoms with E-state index in [2.05, 4.69) is 45.9 Å². The Kier molecular flexibility index (Phi) is 8.28. The number of unbranched alkanes of at least 4 members (excludes halogenated alkanes) is 1. The van der Waals surface area contributed by atoms with Gasteiger partial charge in [-0.3, -0.25) is 4.98 Å². The topological polar surface area (TPSA) is 63.0 Å². The lowest BCUT2D eigenvalue weighted by Gasteiger charge is -2.26. The molecule has 1 aromatic heterocycles. The van der Waals surface area contributed by atoms with Crippen molar-refractivity contribution < 1.29 is 0 Å². The fourth-order valence-corrected chi connectivity index (χ4v) is 3.87. The molecule has 2 aliphatic rings. The Morgan fingerprint density at radius 1 is 1.00 bits per heavy atom. The lowest BCUT2D eigenvalue weighted by atomic mass is 9.96. The second-order valence-electron chi connectivity index (χ2n) is 7.57. The lowest BCUT2D eigenvalue weighted by Crippen LogP contribution is -2.43. The highest BCUT2D eigenvalue weighted by atomic mass is 15.0. The minimum atomic E-state index is 0.572. The molecule has 4 N–H and O–H groups in total. The van der Waals surface area contributed by atoms with Crippen LogP contribution in [0.3, 0.4) is 0 Å². The molecule has 0 radical (unpaired) electrons. The van der Waals surface area contributed by atoms with Crippen molar-refractivity contribution in [2.75, 3.05) is 19.6 Å². The second kappa shape index (κ2) is 11.2. The van der Waals surface area contributed by atoms with Crippen LogP contribution in [0.1, 0.15) is 48.1 Å². The number of benzene rings is 1. The maximum atomic E-state index is 5.47. The number of fused-ring (bicyclic) bond motifs is 2. The number of hydrogen-bond donors (Lipinski definition) is 3. The van der Waals surface area contributed by atoms with Gasteiger partial charge in [0, 0.05) is 31.0 Å². The first-order chi connectivity index (χ1) is 13.4. The third-order valence-corrected chi connectivity index (χ3v) is 5.46. The zero-order chi connectivity index (χ0) is 18.7. The van der Waals surface area contributed by atoms with Crippen LogP contribution in [0.4, 0.5) is 0 Å². The minimum absolute atomic E-state index is 0.572. The number of nitrogens with zero attached hydrogens (tertiary/aromatic N) is 1. The van der Waals surface area contributed by atoms with Gasteiger partial charge in [-0.15, -0.1) is 0 Å². The Balaban J connectivity index is 0.000000177. The standard InChI is InChI=1S/C14H23N3.C9H11N/c15-7-3-4-8-16-11-14-9-12-5-1-2-6-13(12)10-17-14;1-2-6-9-8(4-1)5-3-7-10-9/h1-2,5-6,14,16-17H,3-4,7-11,15H2;3,5,7H,1-2,4,6H2. The number of aryl methyl sites for hydroxylation is 2. The number of rotatable bonds is 6. The van der Waals surface area contributed by atoms with E-state index >= 15 is 0 Å². The van der Waals surface area contributed by atoms with Crippen LogP contribution in [-0.2, 0) is 25.8 Å². The minimum Gasteiger partial charge on any atom is -0.330 e. The summed E-state index contributed by atoms with van der Waals surface area (Å²) in [6.45, 7) is 3.94. The number of hydrogen-bond acceptors (Lipinski definition) is 4. The van der Waals surface area contributed by atoms with Gasteiger partial charge in [-0.1, -0.05) is 30.3 Å². The van der Waals surface area contributed by atoms with E-state index < -0.39 is 0 Å². The van der Waals surface area contributed by atoms with Gasteiger partial charge < -0.3 is 16.4 Å². The fourth-order valence-electron chi connectivity index (χ4n) is 3.87. The molecular weight excluding hydrogens is 332 g/mol. The van der Waals surface area contributed by atoms with Crippen molar-refractivity contribution in [2.45, 2.75) is 57.5 Å². The third-order valence-electron chi connectivity index (χ3n) is 5.46. The van der Waals surface area contributed by atoms with Gasteiger partial charge in [-0.25, -0.2) is 0 Å². The van der Waals surface area contributed by atoms with Crippen LogP contribution < -0.4 is 16.4 Å². The molecule has 27 heavy (non-hydrogen) atoms. The first-order valence-corrected chi connectivity index (χ1v) is 10.5.